The van der Waals surface area contributed by atoms with Crippen LogP contribution in [-0.4, -0.2) is 17.1 Å². The fourth-order valence-electron chi connectivity index (χ4n) is 4.44. The van der Waals surface area contributed by atoms with Gasteiger partial charge in [0, 0.05) is 18.0 Å². The predicted molar refractivity (Wildman–Crippen MR) is 115 cm³/mol. The van der Waals surface area contributed by atoms with Gasteiger partial charge in [-0.05, 0) is 61.7 Å². The first-order chi connectivity index (χ1) is 14.4. The normalized spacial score (nSPS) is 22.7. The van der Waals surface area contributed by atoms with E-state index in [0.717, 1.165) is 24.8 Å². The molecule has 1 heterocycles. The Balaban J connectivity index is 1.29. The van der Waals surface area contributed by atoms with Crippen molar-refractivity contribution in [2.45, 2.75) is 69.6 Å². The zero-order valence-corrected chi connectivity index (χ0v) is 18.0. The van der Waals surface area contributed by atoms with Crippen molar-refractivity contribution in [1.29, 1.82) is 0 Å². The van der Waals surface area contributed by atoms with Gasteiger partial charge in [-0.25, -0.2) is 9.78 Å². The van der Waals surface area contributed by atoms with Crippen molar-refractivity contribution in [2.75, 3.05) is 0 Å². The molecule has 1 atom stereocenters. The quantitative estimate of drug-likeness (QED) is 0.576. The van der Waals surface area contributed by atoms with Crippen LogP contribution in [0.25, 0.3) is 0 Å². The number of halogens is 1. The van der Waals surface area contributed by atoms with Gasteiger partial charge in [0.15, 0.2) is 0 Å². The predicted octanol–water partition coefficient (Wildman–Crippen LogP) is 5.95. The first-order valence-electron chi connectivity index (χ1n) is 10.6. The smallest absolute Gasteiger partial charge is 0.223 e. The largest absolute Gasteiger partial charge is 0.457 e. The molecule has 4 rings (SSSR count). The summed E-state index contributed by atoms with van der Waals surface area (Å²) in [5.74, 6) is 1.38. The third-order valence-electron chi connectivity index (χ3n) is 5.85. The molecule has 0 radical (unpaired) electrons. The van der Waals surface area contributed by atoms with Crippen molar-refractivity contribution in [2.24, 2.45) is 0 Å². The lowest BCUT2D eigenvalue weighted by Crippen LogP contribution is -2.37. The van der Waals surface area contributed by atoms with Crippen molar-refractivity contribution < 1.29 is 19.3 Å². The highest BCUT2D eigenvalue weighted by Crippen LogP contribution is 2.46. The van der Waals surface area contributed by atoms with E-state index in [0.29, 0.717) is 23.1 Å². The van der Waals surface area contributed by atoms with Gasteiger partial charge in [0.1, 0.15) is 22.7 Å². The molecular weight excluding hydrogens is 402 g/mol. The highest BCUT2D eigenvalue weighted by atomic mass is 35.5. The molecule has 1 amide bonds. The molecule has 2 aromatic carbocycles. The molecular formula is C24H28ClNO4. The number of hydrogen-bond donors (Lipinski definition) is 1. The van der Waals surface area contributed by atoms with Gasteiger partial charge >= 0.3 is 0 Å². The second kappa shape index (κ2) is 8.96. The van der Waals surface area contributed by atoms with Crippen LogP contribution in [0.4, 0.5) is 0 Å². The lowest BCUT2D eigenvalue weighted by Gasteiger charge is -2.30. The topological polar surface area (TPSA) is 56.8 Å². The third-order valence-corrected chi connectivity index (χ3v) is 6.10. The Morgan fingerprint density at radius 2 is 1.83 bits per heavy atom. The van der Waals surface area contributed by atoms with E-state index in [4.69, 9.17) is 26.1 Å². The molecule has 30 heavy (non-hydrogen) atoms. The van der Waals surface area contributed by atoms with Crippen molar-refractivity contribution in [3.8, 4) is 11.5 Å². The molecule has 1 aliphatic heterocycles. The van der Waals surface area contributed by atoms with Gasteiger partial charge in [0.2, 0.25) is 5.91 Å². The SMILES string of the molecule is CC1(CC(=O)NCc2cccc(Oc3ccc(Cl)cc3)c2)CC2(CCCCC2)OO1. The zero-order chi connectivity index (χ0) is 21.0. The number of amides is 1. The number of carbonyl (C=O) groups is 1. The monoisotopic (exact) mass is 429 g/mol. The van der Waals surface area contributed by atoms with Gasteiger partial charge < -0.3 is 10.1 Å². The number of benzene rings is 2. The molecule has 6 heteroatoms. The Hall–Kier alpha value is -2.08. The second-order valence-electron chi connectivity index (χ2n) is 8.69. The second-order valence-corrected chi connectivity index (χ2v) is 9.13. The van der Waals surface area contributed by atoms with E-state index < -0.39 is 5.60 Å². The highest BCUT2D eigenvalue weighted by molar-refractivity contribution is 6.30. The maximum absolute atomic E-state index is 12.6. The molecule has 1 spiro atoms. The molecule has 2 aliphatic rings. The van der Waals surface area contributed by atoms with Crippen LogP contribution in [0.5, 0.6) is 11.5 Å². The summed E-state index contributed by atoms with van der Waals surface area (Å²) in [6.45, 7) is 2.40. The summed E-state index contributed by atoms with van der Waals surface area (Å²) >= 11 is 5.91. The summed E-state index contributed by atoms with van der Waals surface area (Å²) in [6, 6.07) is 14.9. The average molecular weight is 430 g/mol. The Labute approximate surface area is 182 Å². The summed E-state index contributed by atoms with van der Waals surface area (Å²) in [6.07, 6.45) is 6.69. The summed E-state index contributed by atoms with van der Waals surface area (Å²) in [7, 11) is 0. The van der Waals surface area contributed by atoms with Crippen molar-refractivity contribution >= 4 is 17.5 Å². The van der Waals surface area contributed by atoms with Crippen LogP contribution in [0.3, 0.4) is 0 Å². The Morgan fingerprint density at radius 3 is 2.60 bits per heavy atom. The van der Waals surface area contributed by atoms with Crippen LogP contribution in [0.2, 0.25) is 5.02 Å². The lowest BCUT2D eigenvalue weighted by molar-refractivity contribution is -0.351. The summed E-state index contributed by atoms with van der Waals surface area (Å²) in [4.78, 5) is 24.0. The van der Waals surface area contributed by atoms with Gasteiger partial charge in [-0.3, -0.25) is 4.79 Å². The van der Waals surface area contributed by atoms with Gasteiger partial charge in [-0.2, -0.15) is 0 Å². The third kappa shape index (κ3) is 5.34. The van der Waals surface area contributed by atoms with Crippen LogP contribution in [-0.2, 0) is 21.1 Å². The van der Waals surface area contributed by atoms with Crippen molar-refractivity contribution in [1.82, 2.24) is 5.32 Å². The first-order valence-corrected chi connectivity index (χ1v) is 11.0. The molecule has 2 aromatic rings. The van der Waals surface area contributed by atoms with E-state index in [1.165, 1.54) is 19.3 Å². The minimum atomic E-state index is -0.568. The lowest BCUT2D eigenvalue weighted by atomic mass is 9.77. The van der Waals surface area contributed by atoms with Crippen LogP contribution in [0.15, 0.2) is 48.5 Å². The molecule has 0 aromatic heterocycles. The Bertz CT molecular complexity index is 879. The van der Waals surface area contributed by atoms with Crippen LogP contribution < -0.4 is 10.1 Å². The molecule has 1 saturated heterocycles. The molecule has 1 aliphatic carbocycles. The molecule has 5 nitrogen and oxygen atoms in total. The molecule has 1 N–H and O–H groups in total. The number of nitrogens with one attached hydrogen (secondary N) is 1. The zero-order valence-electron chi connectivity index (χ0n) is 17.3. The fraction of sp³-hybridized carbons (Fsp3) is 0.458. The Morgan fingerprint density at radius 1 is 1.07 bits per heavy atom. The van der Waals surface area contributed by atoms with E-state index in [9.17, 15) is 4.79 Å². The van der Waals surface area contributed by atoms with E-state index in [2.05, 4.69) is 5.32 Å². The minimum absolute atomic E-state index is 0.0435. The standard InChI is InChI=1S/C24H28ClNO4/c1-23(17-24(30-29-23)12-3-2-4-13-24)15-22(27)26-16-18-6-5-7-21(14-18)28-20-10-8-19(25)9-11-20/h5-11,14H,2-4,12-13,15-17H2,1H3,(H,26,27). The fourth-order valence-corrected chi connectivity index (χ4v) is 4.56. The highest BCUT2D eigenvalue weighted by Gasteiger charge is 2.50. The number of rotatable bonds is 6. The molecule has 1 saturated carbocycles. The Kier molecular flexibility index (Phi) is 6.32. The van der Waals surface area contributed by atoms with Crippen LogP contribution in [0.1, 0.15) is 57.4 Å². The van der Waals surface area contributed by atoms with Crippen molar-refractivity contribution in [3.63, 3.8) is 0 Å². The van der Waals surface area contributed by atoms with E-state index in [1.807, 2.05) is 43.3 Å². The number of carbonyl (C=O) groups excluding carboxylic acids is 1. The first kappa shape index (κ1) is 21.2. The van der Waals surface area contributed by atoms with E-state index in [-0.39, 0.29) is 17.9 Å². The molecule has 1 unspecified atom stereocenters. The minimum Gasteiger partial charge on any atom is -0.457 e. The number of ether oxygens (including phenoxy) is 1. The van der Waals surface area contributed by atoms with Gasteiger partial charge in [0.05, 0.1) is 6.42 Å². The molecule has 2 fully saturated rings. The summed E-state index contributed by atoms with van der Waals surface area (Å²) < 4.78 is 5.86. The summed E-state index contributed by atoms with van der Waals surface area (Å²) in [5, 5.41) is 3.66. The van der Waals surface area contributed by atoms with Gasteiger partial charge in [-0.15, -0.1) is 0 Å². The van der Waals surface area contributed by atoms with Gasteiger partial charge in [0.25, 0.3) is 0 Å². The summed E-state index contributed by atoms with van der Waals surface area (Å²) in [5.41, 5.74) is 0.203. The van der Waals surface area contributed by atoms with E-state index >= 15 is 0 Å². The van der Waals surface area contributed by atoms with Crippen LogP contribution in [0, 0.1) is 0 Å². The van der Waals surface area contributed by atoms with Gasteiger partial charge in [-0.1, -0.05) is 43.0 Å². The van der Waals surface area contributed by atoms with E-state index in [1.54, 1.807) is 12.1 Å². The maximum atomic E-state index is 12.6. The maximum Gasteiger partial charge on any atom is 0.223 e. The number of hydrogen-bond acceptors (Lipinski definition) is 4. The molecule has 0 bridgehead atoms. The molecule has 160 valence electrons. The van der Waals surface area contributed by atoms with Crippen molar-refractivity contribution in [3.05, 3.63) is 59.1 Å². The van der Waals surface area contributed by atoms with Crippen LogP contribution >= 0.6 is 11.6 Å². The average Bonchev–Trinajstić information content (AvgIpc) is 3.04.